The second-order valence-corrected chi connectivity index (χ2v) is 8.05. The topological polar surface area (TPSA) is 97.8 Å². The lowest BCUT2D eigenvalue weighted by atomic mass is 9.75. The normalized spacial score (nSPS) is 12.3. The molecule has 0 fully saturated rings. The molecule has 6 rings (SSSR count). The van der Waals surface area contributed by atoms with Crippen LogP contribution in [0.5, 0.6) is 0 Å². The number of H-pyrrole nitrogens is 2. The summed E-state index contributed by atoms with van der Waals surface area (Å²) in [6, 6.07) is 21.3. The Kier molecular flexibility index (Phi) is 4.57. The Balaban J connectivity index is 1.68. The SMILES string of the molecule is OB(O)c1ccccc1-c1cc2cc3ccc(cc4nc(cc5nc(cc1[nH]2)C=C5)C=C4)[nH]3. The van der Waals surface area contributed by atoms with Crippen LogP contribution in [0.4, 0.5) is 0 Å². The summed E-state index contributed by atoms with van der Waals surface area (Å²) >= 11 is 0. The van der Waals surface area contributed by atoms with E-state index in [-0.39, 0.29) is 0 Å². The molecule has 0 atom stereocenters. The lowest BCUT2D eigenvalue weighted by Gasteiger charge is -2.07. The summed E-state index contributed by atoms with van der Waals surface area (Å²) in [5.41, 5.74) is 9.02. The van der Waals surface area contributed by atoms with Crippen molar-refractivity contribution in [3.05, 3.63) is 89.5 Å². The number of nitrogens with zero attached hydrogens (tertiary/aromatic N) is 2. The summed E-state index contributed by atoms with van der Waals surface area (Å²) in [5, 5.41) is 19.8. The van der Waals surface area contributed by atoms with Crippen LogP contribution >= 0.6 is 0 Å². The quantitative estimate of drug-likeness (QED) is 0.312. The van der Waals surface area contributed by atoms with E-state index >= 15 is 0 Å². The molecular weight excluding hydrogens is 411 g/mol. The number of aromatic amines is 2. The zero-order valence-corrected chi connectivity index (χ0v) is 17.5. The van der Waals surface area contributed by atoms with E-state index in [1.807, 2.05) is 78.9 Å². The first kappa shape index (κ1) is 19.5. The van der Waals surface area contributed by atoms with Crippen molar-refractivity contribution in [1.82, 2.24) is 19.9 Å². The van der Waals surface area contributed by atoms with Gasteiger partial charge < -0.3 is 20.0 Å². The van der Waals surface area contributed by atoms with Gasteiger partial charge in [-0.15, -0.1) is 0 Å². The van der Waals surface area contributed by atoms with E-state index < -0.39 is 7.12 Å². The summed E-state index contributed by atoms with van der Waals surface area (Å²) in [4.78, 5) is 16.2. The maximum Gasteiger partial charge on any atom is 0.489 e. The maximum absolute atomic E-state index is 9.92. The first-order valence-corrected chi connectivity index (χ1v) is 10.6. The molecule has 33 heavy (non-hydrogen) atoms. The molecule has 8 bridgehead atoms. The molecule has 0 aliphatic carbocycles. The number of benzene rings is 1. The van der Waals surface area contributed by atoms with E-state index in [4.69, 9.17) is 4.98 Å². The lowest BCUT2D eigenvalue weighted by molar-refractivity contribution is 0.426. The van der Waals surface area contributed by atoms with E-state index in [2.05, 4.69) is 15.0 Å². The summed E-state index contributed by atoms with van der Waals surface area (Å²) < 4.78 is 0. The molecule has 4 aromatic rings. The van der Waals surface area contributed by atoms with Crippen LogP contribution in [0.2, 0.25) is 0 Å². The molecule has 7 heteroatoms. The van der Waals surface area contributed by atoms with Gasteiger partial charge in [-0.3, -0.25) is 0 Å². The van der Waals surface area contributed by atoms with Gasteiger partial charge >= 0.3 is 7.12 Å². The van der Waals surface area contributed by atoms with Crippen molar-refractivity contribution >= 4 is 59.0 Å². The van der Waals surface area contributed by atoms with Crippen molar-refractivity contribution in [3.8, 4) is 11.1 Å². The van der Waals surface area contributed by atoms with Crippen LogP contribution in [0, 0.1) is 0 Å². The molecule has 6 nitrogen and oxygen atoms in total. The maximum atomic E-state index is 9.92. The minimum absolute atomic E-state index is 0.447. The largest absolute Gasteiger partial charge is 0.489 e. The molecule has 3 aromatic heterocycles. The van der Waals surface area contributed by atoms with Gasteiger partial charge in [-0.1, -0.05) is 24.3 Å². The van der Waals surface area contributed by atoms with Crippen molar-refractivity contribution in [2.45, 2.75) is 0 Å². The zero-order valence-electron chi connectivity index (χ0n) is 17.5. The minimum Gasteiger partial charge on any atom is -0.423 e. The fraction of sp³-hybridized carbons (Fsp3) is 0. The predicted octanol–water partition coefficient (Wildman–Crippen LogP) is 4.00. The lowest BCUT2D eigenvalue weighted by Crippen LogP contribution is -2.31. The monoisotopic (exact) mass is 430 g/mol. The van der Waals surface area contributed by atoms with Gasteiger partial charge in [0.2, 0.25) is 0 Å². The highest BCUT2D eigenvalue weighted by Crippen LogP contribution is 2.27. The molecule has 0 radical (unpaired) electrons. The van der Waals surface area contributed by atoms with Crippen LogP contribution < -0.4 is 5.46 Å². The van der Waals surface area contributed by atoms with Gasteiger partial charge in [-0.05, 0) is 77.8 Å². The van der Waals surface area contributed by atoms with Gasteiger partial charge in [-0.2, -0.15) is 0 Å². The molecular formula is C26H19BN4O2. The van der Waals surface area contributed by atoms with Crippen LogP contribution in [0.25, 0.3) is 57.5 Å². The first-order valence-electron chi connectivity index (χ1n) is 10.6. The van der Waals surface area contributed by atoms with Crippen LogP contribution in [-0.4, -0.2) is 37.1 Å². The van der Waals surface area contributed by atoms with Gasteiger partial charge in [0.05, 0.1) is 22.8 Å². The molecule has 5 heterocycles. The van der Waals surface area contributed by atoms with Crippen LogP contribution in [0.3, 0.4) is 0 Å². The third-order valence-corrected chi connectivity index (χ3v) is 5.70. The average molecular weight is 430 g/mol. The van der Waals surface area contributed by atoms with Gasteiger partial charge in [0.15, 0.2) is 0 Å². The third kappa shape index (κ3) is 3.80. The minimum atomic E-state index is -1.57. The standard InChI is InChI=1S/C26H19BN4O2/c32-27(33)25-4-2-1-3-23(25)24-14-22-13-20-8-7-18(29-20)11-16-5-6-17(28-16)12-19-9-10-21(30-19)15-26(24)31-22/h1-15,29,31-33H. The number of hydrogen-bond donors (Lipinski definition) is 4. The zero-order chi connectivity index (χ0) is 22.4. The van der Waals surface area contributed by atoms with Crippen molar-refractivity contribution in [3.63, 3.8) is 0 Å². The third-order valence-electron chi connectivity index (χ3n) is 5.70. The Morgan fingerprint density at radius 3 is 1.94 bits per heavy atom. The number of aromatic nitrogens is 4. The second-order valence-electron chi connectivity index (χ2n) is 8.05. The van der Waals surface area contributed by atoms with Gasteiger partial charge in [0.1, 0.15) is 0 Å². The summed E-state index contributed by atoms with van der Waals surface area (Å²) in [6.07, 6.45) is 7.88. The van der Waals surface area contributed by atoms with E-state index in [0.717, 1.165) is 56.0 Å². The molecule has 4 N–H and O–H groups in total. The Morgan fingerprint density at radius 2 is 1.21 bits per heavy atom. The Labute approximate surface area is 189 Å². The summed E-state index contributed by atoms with van der Waals surface area (Å²) in [5.74, 6) is 0. The molecule has 0 saturated heterocycles. The number of rotatable bonds is 2. The Hall–Kier alpha value is -4.20. The first-order chi connectivity index (χ1) is 16.1. The summed E-state index contributed by atoms with van der Waals surface area (Å²) in [7, 11) is -1.57. The van der Waals surface area contributed by atoms with E-state index in [9.17, 15) is 10.0 Å². The highest BCUT2D eigenvalue weighted by molar-refractivity contribution is 6.60. The number of nitrogens with one attached hydrogen (secondary N) is 2. The van der Waals surface area contributed by atoms with Crippen molar-refractivity contribution in [1.29, 1.82) is 0 Å². The highest BCUT2D eigenvalue weighted by atomic mass is 16.4. The molecule has 0 saturated carbocycles. The molecule has 158 valence electrons. The Morgan fingerprint density at radius 1 is 0.576 bits per heavy atom. The van der Waals surface area contributed by atoms with E-state index in [1.54, 1.807) is 12.1 Å². The van der Waals surface area contributed by atoms with Gasteiger partial charge in [0.25, 0.3) is 0 Å². The fourth-order valence-corrected chi connectivity index (χ4v) is 4.21. The smallest absolute Gasteiger partial charge is 0.423 e. The van der Waals surface area contributed by atoms with Crippen molar-refractivity contribution < 1.29 is 10.0 Å². The second kappa shape index (κ2) is 7.74. The van der Waals surface area contributed by atoms with Crippen molar-refractivity contribution in [2.24, 2.45) is 0 Å². The van der Waals surface area contributed by atoms with Gasteiger partial charge in [-0.25, -0.2) is 9.97 Å². The van der Waals surface area contributed by atoms with Crippen LogP contribution in [0.15, 0.2) is 66.7 Å². The molecule has 2 aliphatic heterocycles. The van der Waals surface area contributed by atoms with Crippen LogP contribution in [0.1, 0.15) is 22.8 Å². The molecule has 0 amide bonds. The predicted molar refractivity (Wildman–Crippen MR) is 134 cm³/mol. The molecule has 2 aliphatic rings. The van der Waals surface area contributed by atoms with E-state index in [1.165, 1.54) is 0 Å². The van der Waals surface area contributed by atoms with Crippen LogP contribution in [-0.2, 0) is 0 Å². The Bertz CT molecular complexity index is 1610. The number of fused-ring (bicyclic) bond motifs is 8. The van der Waals surface area contributed by atoms with Gasteiger partial charge in [0, 0.05) is 27.6 Å². The molecule has 0 unspecified atom stereocenters. The van der Waals surface area contributed by atoms with E-state index in [0.29, 0.717) is 5.46 Å². The van der Waals surface area contributed by atoms with Crippen molar-refractivity contribution in [2.75, 3.05) is 0 Å². The number of hydrogen-bond acceptors (Lipinski definition) is 4. The fourth-order valence-electron chi connectivity index (χ4n) is 4.21. The summed E-state index contributed by atoms with van der Waals surface area (Å²) in [6.45, 7) is 0. The average Bonchev–Trinajstić information content (AvgIpc) is 3.59. The molecule has 0 spiro atoms. The molecule has 1 aromatic carbocycles. The highest BCUT2D eigenvalue weighted by Gasteiger charge is 2.18.